The van der Waals surface area contributed by atoms with Gasteiger partial charge in [-0.2, -0.15) is 0 Å². The van der Waals surface area contributed by atoms with Gasteiger partial charge in [0.1, 0.15) is 0 Å². The van der Waals surface area contributed by atoms with Gasteiger partial charge in [0.2, 0.25) is 0 Å². The molecule has 0 fully saturated rings. The van der Waals surface area contributed by atoms with E-state index < -0.39 is 0 Å². The van der Waals surface area contributed by atoms with Crippen LogP contribution in [0.3, 0.4) is 0 Å². The third-order valence-electron chi connectivity index (χ3n) is 2.46. The molecule has 0 spiro atoms. The van der Waals surface area contributed by atoms with Crippen LogP contribution in [0.25, 0.3) is 0 Å². The number of nitrogens with two attached hydrogens (primary N) is 1. The lowest BCUT2D eigenvalue weighted by atomic mass is 10.2. The summed E-state index contributed by atoms with van der Waals surface area (Å²) in [6.45, 7) is 0.307. The summed E-state index contributed by atoms with van der Waals surface area (Å²) in [6.07, 6.45) is 1.58. The van der Waals surface area contributed by atoms with E-state index in [4.69, 9.17) is 5.73 Å². The summed E-state index contributed by atoms with van der Waals surface area (Å²) in [5, 5.41) is 2.83. The highest BCUT2D eigenvalue weighted by Gasteiger charge is 2.09. The van der Waals surface area contributed by atoms with Gasteiger partial charge in [0.25, 0.3) is 5.91 Å². The molecule has 0 unspecified atom stereocenters. The number of hydrogen-bond acceptors (Lipinski definition) is 3. The monoisotopic (exact) mass is 383 g/mol. The van der Waals surface area contributed by atoms with Gasteiger partial charge >= 0.3 is 0 Å². The van der Waals surface area contributed by atoms with Crippen molar-refractivity contribution in [3.8, 4) is 0 Å². The van der Waals surface area contributed by atoms with Gasteiger partial charge in [-0.1, -0.05) is 15.9 Å². The average molecular weight is 385 g/mol. The molecule has 0 atom stereocenters. The molecule has 0 radical (unpaired) electrons. The molecule has 0 aliphatic rings. The van der Waals surface area contributed by atoms with Crippen LogP contribution in [0.2, 0.25) is 0 Å². The Kier molecular flexibility index (Phi) is 4.68. The average Bonchev–Trinajstić information content (AvgIpc) is 2.43. The molecule has 19 heavy (non-hydrogen) atoms. The van der Waals surface area contributed by atoms with Crippen LogP contribution >= 0.6 is 31.9 Å². The van der Waals surface area contributed by atoms with E-state index in [-0.39, 0.29) is 5.91 Å². The first kappa shape index (κ1) is 14.2. The van der Waals surface area contributed by atoms with Crippen molar-refractivity contribution in [2.75, 3.05) is 5.32 Å². The summed E-state index contributed by atoms with van der Waals surface area (Å²) in [4.78, 5) is 16.2. The predicted octanol–water partition coefficient (Wildman–Crippen LogP) is 3.32. The third kappa shape index (κ3) is 3.62. The number of benzene rings is 1. The SMILES string of the molecule is NCc1cc(C(=O)Nc2cc(Br)ccc2Br)ccn1. The number of nitrogens with one attached hydrogen (secondary N) is 1. The van der Waals surface area contributed by atoms with Crippen molar-refractivity contribution in [2.24, 2.45) is 5.73 Å². The number of hydrogen-bond donors (Lipinski definition) is 2. The maximum absolute atomic E-state index is 12.1. The van der Waals surface area contributed by atoms with E-state index in [0.29, 0.717) is 23.5 Å². The van der Waals surface area contributed by atoms with Crippen LogP contribution in [-0.2, 0) is 6.54 Å². The lowest BCUT2D eigenvalue weighted by molar-refractivity contribution is 0.102. The molecule has 0 saturated carbocycles. The molecule has 1 aromatic carbocycles. The summed E-state index contributed by atoms with van der Waals surface area (Å²) in [5.74, 6) is -0.198. The number of rotatable bonds is 3. The fourth-order valence-electron chi connectivity index (χ4n) is 1.52. The summed E-state index contributed by atoms with van der Waals surface area (Å²) in [7, 11) is 0. The van der Waals surface area contributed by atoms with E-state index in [0.717, 1.165) is 8.95 Å². The lowest BCUT2D eigenvalue weighted by Gasteiger charge is -2.08. The minimum Gasteiger partial charge on any atom is -0.325 e. The lowest BCUT2D eigenvalue weighted by Crippen LogP contribution is -2.13. The number of pyridine rings is 1. The van der Waals surface area contributed by atoms with Crippen molar-refractivity contribution in [3.05, 3.63) is 56.7 Å². The Labute approximate surface area is 127 Å². The molecule has 2 aromatic rings. The van der Waals surface area contributed by atoms with Crippen molar-refractivity contribution < 1.29 is 4.79 Å². The zero-order valence-corrected chi connectivity index (χ0v) is 13.0. The quantitative estimate of drug-likeness (QED) is 0.852. The number of aromatic nitrogens is 1. The Morgan fingerprint density at radius 2 is 2.05 bits per heavy atom. The molecule has 6 heteroatoms. The van der Waals surface area contributed by atoms with Gasteiger partial charge in [-0.25, -0.2) is 0 Å². The number of halogens is 2. The highest BCUT2D eigenvalue weighted by Crippen LogP contribution is 2.26. The number of nitrogens with zero attached hydrogens (tertiary/aromatic N) is 1. The number of carbonyl (C=O) groups is 1. The molecule has 4 nitrogen and oxygen atoms in total. The molecule has 98 valence electrons. The van der Waals surface area contributed by atoms with Gasteiger partial charge < -0.3 is 11.1 Å². The predicted molar refractivity (Wildman–Crippen MR) is 81.9 cm³/mol. The molecule has 1 aromatic heterocycles. The second kappa shape index (κ2) is 6.27. The first-order valence-electron chi connectivity index (χ1n) is 5.51. The Bertz CT molecular complexity index is 617. The standard InChI is InChI=1S/C13H11Br2N3O/c14-9-1-2-11(15)12(6-9)18-13(19)8-3-4-17-10(5-8)7-16/h1-6H,7,16H2,(H,18,19). The zero-order valence-electron chi connectivity index (χ0n) is 9.86. The fourth-order valence-corrected chi connectivity index (χ4v) is 2.23. The largest absolute Gasteiger partial charge is 0.325 e. The van der Waals surface area contributed by atoms with Crippen molar-refractivity contribution in [1.29, 1.82) is 0 Å². The van der Waals surface area contributed by atoms with Crippen LogP contribution in [-0.4, -0.2) is 10.9 Å². The molecule has 0 bridgehead atoms. The van der Waals surface area contributed by atoms with Crippen LogP contribution in [0.15, 0.2) is 45.5 Å². The van der Waals surface area contributed by atoms with Gasteiger partial charge in [0.15, 0.2) is 0 Å². The fraction of sp³-hybridized carbons (Fsp3) is 0.0769. The smallest absolute Gasteiger partial charge is 0.255 e. The second-order valence-corrected chi connectivity index (χ2v) is 5.59. The van der Waals surface area contributed by atoms with Crippen LogP contribution in [0.5, 0.6) is 0 Å². The van der Waals surface area contributed by atoms with E-state index in [2.05, 4.69) is 42.2 Å². The van der Waals surface area contributed by atoms with E-state index in [9.17, 15) is 4.79 Å². The van der Waals surface area contributed by atoms with E-state index in [1.165, 1.54) is 0 Å². The van der Waals surface area contributed by atoms with Crippen LogP contribution in [0.1, 0.15) is 16.1 Å². The van der Waals surface area contributed by atoms with Crippen LogP contribution in [0.4, 0.5) is 5.69 Å². The molecular weight excluding hydrogens is 374 g/mol. The maximum atomic E-state index is 12.1. The van der Waals surface area contributed by atoms with Crippen molar-refractivity contribution in [2.45, 2.75) is 6.54 Å². The molecule has 1 amide bonds. The maximum Gasteiger partial charge on any atom is 0.255 e. The van der Waals surface area contributed by atoms with E-state index in [1.807, 2.05) is 18.2 Å². The van der Waals surface area contributed by atoms with E-state index in [1.54, 1.807) is 18.3 Å². The summed E-state index contributed by atoms with van der Waals surface area (Å²) in [6, 6.07) is 8.91. The summed E-state index contributed by atoms with van der Waals surface area (Å²) < 4.78 is 1.71. The Morgan fingerprint density at radius 1 is 1.26 bits per heavy atom. The molecule has 0 aliphatic carbocycles. The summed E-state index contributed by atoms with van der Waals surface area (Å²) in [5.41, 5.74) is 7.42. The van der Waals surface area contributed by atoms with Gasteiger partial charge in [-0.3, -0.25) is 9.78 Å². The molecule has 0 saturated heterocycles. The third-order valence-corrected chi connectivity index (χ3v) is 3.65. The van der Waals surface area contributed by atoms with Crippen molar-refractivity contribution >= 4 is 43.5 Å². The molecule has 2 rings (SSSR count). The minimum absolute atomic E-state index is 0.198. The Hall–Kier alpha value is -1.24. The normalized spacial score (nSPS) is 10.3. The number of anilines is 1. The Balaban J connectivity index is 2.22. The first-order chi connectivity index (χ1) is 9.10. The van der Waals surface area contributed by atoms with Crippen molar-refractivity contribution in [1.82, 2.24) is 4.98 Å². The summed E-state index contributed by atoms with van der Waals surface area (Å²) >= 11 is 6.76. The van der Waals surface area contributed by atoms with Gasteiger partial charge in [-0.15, -0.1) is 0 Å². The number of amides is 1. The van der Waals surface area contributed by atoms with Crippen molar-refractivity contribution in [3.63, 3.8) is 0 Å². The highest BCUT2D eigenvalue weighted by atomic mass is 79.9. The first-order valence-corrected chi connectivity index (χ1v) is 7.10. The van der Waals surface area contributed by atoms with Crippen LogP contribution in [0, 0.1) is 0 Å². The molecule has 3 N–H and O–H groups in total. The second-order valence-electron chi connectivity index (χ2n) is 3.82. The topological polar surface area (TPSA) is 68.0 Å². The van der Waals surface area contributed by atoms with Gasteiger partial charge in [-0.05, 0) is 46.3 Å². The van der Waals surface area contributed by atoms with Crippen LogP contribution < -0.4 is 11.1 Å². The van der Waals surface area contributed by atoms with Gasteiger partial charge in [0.05, 0.1) is 11.4 Å². The van der Waals surface area contributed by atoms with Gasteiger partial charge in [0, 0.05) is 27.3 Å². The zero-order chi connectivity index (χ0) is 13.8. The molecule has 1 heterocycles. The minimum atomic E-state index is -0.198. The highest BCUT2D eigenvalue weighted by molar-refractivity contribution is 9.11. The number of carbonyl (C=O) groups excluding carboxylic acids is 1. The van der Waals surface area contributed by atoms with E-state index >= 15 is 0 Å². The molecular formula is C13H11Br2N3O. The Morgan fingerprint density at radius 3 is 2.79 bits per heavy atom. The molecule has 0 aliphatic heterocycles.